The van der Waals surface area contributed by atoms with Crippen LogP contribution in [0.5, 0.6) is 0 Å². The number of nitrogens with one attached hydrogen (secondary N) is 1. The van der Waals surface area contributed by atoms with E-state index in [1.165, 1.54) is 12.1 Å². The SMILES string of the molecule is Cc1cc(C(C(=O)O)c2ccc(=O)[nH]n2)n(C)c1C(=O)c1ccc(Cl)cc1. The van der Waals surface area contributed by atoms with Crippen molar-refractivity contribution >= 4 is 23.4 Å². The topological polar surface area (TPSA) is 105 Å². The molecule has 0 amide bonds. The summed E-state index contributed by atoms with van der Waals surface area (Å²) in [5.41, 5.74) is 1.60. The van der Waals surface area contributed by atoms with Crippen LogP contribution in [0, 0.1) is 6.92 Å². The van der Waals surface area contributed by atoms with Gasteiger partial charge >= 0.3 is 5.97 Å². The van der Waals surface area contributed by atoms with E-state index >= 15 is 0 Å². The monoisotopic (exact) mass is 385 g/mol. The van der Waals surface area contributed by atoms with E-state index in [-0.39, 0.29) is 11.5 Å². The third-order valence-corrected chi connectivity index (χ3v) is 4.57. The molecule has 0 aliphatic heterocycles. The average molecular weight is 386 g/mol. The molecule has 0 spiro atoms. The Morgan fingerprint density at radius 3 is 2.41 bits per heavy atom. The molecular weight excluding hydrogens is 370 g/mol. The number of carboxylic acids is 1. The van der Waals surface area contributed by atoms with Gasteiger partial charge in [-0.3, -0.25) is 14.4 Å². The van der Waals surface area contributed by atoms with Gasteiger partial charge in [-0.2, -0.15) is 5.10 Å². The second-order valence-electron chi connectivity index (χ2n) is 6.11. The first-order chi connectivity index (χ1) is 12.8. The van der Waals surface area contributed by atoms with Crippen LogP contribution in [0.25, 0.3) is 0 Å². The number of benzene rings is 1. The number of nitrogens with zero attached hydrogens (tertiary/aromatic N) is 2. The summed E-state index contributed by atoms with van der Waals surface area (Å²) in [5, 5.41) is 16.3. The highest BCUT2D eigenvalue weighted by molar-refractivity contribution is 6.30. The van der Waals surface area contributed by atoms with E-state index in [9.17, 15) is 19.5 Å². The fourth-order valence-corrected chi connectivity index (χ4v) is 3.17. The molecule has 0 aliphatic rings. The van der Waals surface area contributed by atoms with Gasteiger partial charge in [0.25, 0.3) is 5.56 Å². The first-order valence-corrected chi connectivity index (χ1v) is 8.42. The molecule has 0 saturated carbocycles. The predicted octanol–water partition coefficient (Wildman–Crippen LogP) is 2.52. The number of rotatable bonds is 5. The van der Waals surface area contributed by atoms with Gasteiger partial charge < -0.3 is 9.67 Å². The van der Waals surface area contributed by atoms with Crippen LogP contribution in [-0.4, -0.2) is 31.6 Å². The number of carbonyl (C=O) groups excluding carboxylic acids is 1. The lowest BCUT2D eigenvalue weighted by Crippen LogP contribution is -2.21. The van der Waals surface area contributed by atoms with Gasteiger partial charge in [-0.25, -0.2) is 5.10 Å². The van der Waals surface area contributed by atoms with E-state index in [1.54, 1.807) is 48.9 Å². The molecule has 0 fully saturated rings. The maximum atomic E-state index is 12.9. The van der Waals surface area contributed by atoms with Crippen molar-refractivity contribution in [3.8, 4) is 0 Å². The van der Waals surface area contributed by atoms with Crippen LogP contribution in [0.4, 0.5) is 0 Å². The number of H-pyrrole nitrogens is 1. The molecule has 2 N–H and O–H groups in total. The van der Waals surface area contributed by atoms with Gasteiger partial charge in [0.1, 0.15) is 5.92 Å². The van der Waals surface area contributed by atoms with E-state index in [2.05, 4.69) is 10.2 Å². The highest BCUT2D eigenvalue weighted by Crippen LogP contribution is 2.28. The number of aromatic amines is 1. The number of ketones is 1. The Morgan fingerprint density at radius 2 is 1.85 bits per heavy atom. The van der Waals surface area contributed by atoms with Gasteiger partial charge in [0.2, 0.25) is 5.78 Å². The molecule has 3 aromatic rings. The first kappa shape index (κ1) is 18.6. The average Bonchev–Trinajstić information content (AvgIpc) is 2.91. The maximum Gasteiger partial charge on any atom is 0.318 e. The predicted molar refractivity (Wildman–Crippen MR) is 99.4 cm³/mol. The summed E-state index contributed by atoms with van der Waals surface area (Å²) in [6.07, 6.45) is 0. The van der Waals surface area contributed by atoms with Gasteiger partial charge in [-0.15, -0.1) is 0 Å². The molecule has 27 heavy (non-hydrogen) atoms. The van der Waals surface area contributed by atoms with Crippen LogP contribution in [0.15, 0.2) is 47.3 Å². The van der Waals surface area contributed by atoms with E-state index in [0.717, 1.165) is 0 Å². The minimum atomic E-state index is -1.14. The number of carbonyl (C=O) groups is 2. The summed E-state index contributed by atoms with van der Waals surface area (Å²) >= 11 is 5.87. The molecule has 2 heterocycles. The summed E-state index contributed by atoms with van der Waals surface area (Å²) in [6, 6.07) is 10.7. The standard InChI is InChI=1S/C19H16ClN3O4/c1-10-9-14(16(19(26)27)13-7-8-15(24)22-21-13)23(2)17(10)18(25)11-3-5-12(20)6-4-11/h3-9,16H,1-2H3,(H,22,24)(H,26,27). The van der Waals surface area contributed by atoms with Crippen molar-refractivity contribution in [1.82, 2.24) is 14.8 Å². The summed E-state index contributed by atoms with van der Waals surface area (Å²) in [7, 11) is 1.63. The van der Waals surface area contributed by atoms with Crippen LogP contribution in [0.1, 0.15) is 38.9 Å². The Hall–Kier alpha value is -3.19. The van der Waals surface area contributed by atoms with Crippen molar-refractivity contribution in [1.29, 1.82) is 0 Å². The van der Waals surface area contributed by atoms with E-state index in [4.69, 9.17) is 11.6 Å². The molecule has 138 valence electrons. The maximum absolute atomic E-state index is 12.9. The van der Waals surface area contributed by atoms with Crippen molar-refractivity contribution < 1.29 is 14.7 Å². The fraction of sp³-hybridized carbons (Fsp3) is 0.158. The molecule has 3 rings (SSSR count). The van der Waals surface area contributed by atoms with E-state index in [0.29, 0.717) is 27.5 Å². The van der Waals surface area contributed by atoms with Crippen LogP contribution in [0.2, 0.25) is 5.02 Å². The normalized spacial score (nSPS) is 12.0. The van der Waals surface area contributed by atoms with Crippen molar-refractivity contribution in [2.75, 3.05) is 0 Å². The molecule has 0 saturated heterocycles. The first-order valence-electron chi connectivity index (χ1n) is 8.04. The zero-order valence-corrected chi connectivity index (χ0v) is 15.3. The van der Waals surface area contributed by atoms with Crippen LogP contribution in [-0.2, 0) is 11.8 Å². The lowest BCUT2D eigenvalue weighted by Gasteiger charge is -2.14. The van der Waals surface area contributed by atoms with Crippen molar-refractivity contribution in [2.45, 2.75) is 12.8 Å². The summed E-state index contributed by atoms with van der Waals surface area (Å²) in [5.74, 6) is -2.51. The Labute approximate surface area is 159 Å². The Morgan fingerprint density at radius 1 is 1.19 bits per heavy atom. The number of carboxylic acid groups (broad SMARTS) is 1. The number of halogens is 1. The lowest BCUT2D eigenvalue weighted by atomic mass is 10.0. The number of aliphatic carboxylic acids is 1. The van der Waals surface area contributed by atoms with Crippen LogP contribution < -0.4 is 5.56 Å². The smallest absolute Gasteiger partial charge is 0.318 e. The molecule has 0 radical (unpaired) electrons. The zero-order valence-electron chi connectivity index (χ0n) is 14.6. The Balaban J connectivity index is 2.09. The quantitative estimate of drug-likeness (QED) is 0.656. The number of hydrogen-bond donors (Lipinski definition) is 2. The Bertz CT molecular complexity index is 1060. The molecule has 0 aliphatic carbocycles. The second-order valence-corrected chi connectivity index (χ2v) is 6.55. The lowest BCUT2D eigenvalue weighted by molar-refractivity contribution is -0.138. The highest BCUT2D eigenvalue weighted by atomic mass is 35.5. The fourth-order valence-electron chi connectivity index (χ4n) is 3.05. The largest absolute Gasteiger partial charge is 0.480 e. The number of aryl methyl sites for hydroxylation is 1. The molecule has 2 aromatic heterocycles. The van der Waals surface area contributed by atoms with Crippen LogP contribution in [0.3, 0.4) is 0 Å². The molecular formula is C19H16ClN3O4. The minimum absolute atomic E-state index is 0.174. The van der Waals surface area contributed by atoms with Crippen molar-refractivity contribution in [3.05, 3.63) is 86.0 Å². The highest BCUT2D eigenvalue weighted by Gasteiger charge is 2.30. The van der Waals surface area contributed by atoms with Gasteiger partial charge in [0, 0.05) is 29.4 Å². The van der Waals surface area contributed by atoms with Gasteiger partial charge in [0.15, 0.2) is 0 Å². The number of hydrogen-bond acceptors (Lipinski definition) is 4. The zero-order chi connectivity index (χ0) is 19.7. The molecule has 1 unspecified atom stereocenters. The molecule has 7 nitrogen and oxygen atoms in total. The van der Waals surface area contributed by atoms with E-state index in [1.807, 2.05) is 0 Å². The summed E-state index contributed by atoms with van der Waals surface area (Å²) in [6.45, 7) is 1.74. The molecule has 0 bridgehead atoms. The van der Waals surface area contributed by atoms with Gasteiger partial charge in [-0.1, -0.05) is 11.6 Å². The van der Waals surface area contributed by atoms with E-state index < -0.39 is 17.4 Å². The number of aromatic nitrogens is 3. The second kappa shape index (κ2) is 7.20. The molecule has 1 aromatic carbocycles. The van der Waals surface area contributed by atoms with Crippen molar-refractivity contribution in [3.63, 3.8) is 0 Å². The molecule has 8 heteroatoms. The third-order valence-electron chi connectivity index (χ3n) is 4.32. The third kappa shape index (κ3) is 3.54. The van der Waals surface area contributed by atoms with Crippen LogP contribution >= 0.6 is 11.6 Å². The summed E-state index contributed by atoms with van der Waals surface area (Å²) < 4.78 is 1.55. The van der Waals surface area contributed by atoms with Crippen molar-refractivity contribution in [2.24, 2.45) is 7.05 Å². The minimum Gasteiger partial charge on any atom is -0.480 e. The Kier molecular flexibility index (Phi) is 4.96. The molecule has 1 atom stereocenters. The van der Waals surface area contributed by atoms with Gasteiger partial charge in [0.05, 0.1) is 11.4 Å². The summed E-state index contributed by atoms with van der Waals surface area (Å²) in [4.78, 5) is 36.0. The van der Waals surface area contributed by atoms with Gasteiger partial charge in [-0.05, 0) is 48.9 Å².